The molecule has 86 heavy (non-hydrogen) atoms. The van der Waals surface area contributed by atoms with Crippen molar-refractivity contribution < 1.29 is 76.3 Å². The van der Waals surface area contributed by atoms with E-state index in [1.54, 1.807) is 5.57 Å². The number of rotatable bonds is 51. The van der Waals surface area contributed by atoms with Gasteiger partial charge in [0.05, 0.1) is 176 Å². The number of unbranched alkanes of at least 4 members (excludes halogenated alkanes) is 1. The van der Waals surface area contributed by atoms with Crippen molar-refractivity contribution in [1.29, 1.82) is 0 Å². The van der Waals surface area contributed by atoms with Gasteiger partial charge in [0.1, 0.15) is 0 Å². The van der Waals surface area contributed by atoms with Crippen molar-refractivity contribution in [1.82, 2.24) is 21.3 Å². The number of hydrogen-bond acceptors (Lipinski definition) is 17. The molecule has 5 aliphatic rings. The third kappa shape index (κ3) is 29.9. The number of carbonyl (C=O) groups is 3. The maximum atomic E-state index is 12.9. The number of allylic oxidation sites excluding steroid dienone is 4. The largest absolute Gasteiger partial charge is 0.390 e. The Hall–Kier alpha value is -2.74. The van der Waals surface area contributed by atoms with Gasteiger partial charge in [0.2, 0.25) is 11.8 Å². The highest BCUT2D eigenvalue weighted by atomic mass is 32.2. The summed E-state index contributed by atoms with van der Waals surface area (Å²) in [6, 6.07) is 0.502. The maximum Gasteiger partial charge on any atom is 0.315 e. The van der Waals surface area contributed by atoms with Crippen molar-refractivity contribution in [2.75, 3.05) is 171 Å². The second-order valence-corrected chi connectivity index (χ2v) is 25.8. The van der Waals surface area contributed by atoms with E-state index in [-0.39, 0.29) is 36.0 Å². The van der Waals surface area contributed by atoms with E-state index in [1.165, 1.54) is 49.7 Å². The highest BCUT2D eigenvalue weighted by Gasteiger charge is 2.50. The van der Waals surface area contributed by atoms with Crippen LogP contribution in [0.15, 0.2) is 35.5 Å². The number of carbonyl (C=O) groups excluding carboxylic acids is 3. The Morgan fingerprint density at radius 1 is 0.663 bits per heavy atom. The van der Waals surface area contributed by atoms with Crippen LogP contribution < -0.4 is 21.3 Å². The first-order chi connectivity index (χ1) is 41.7. The Kier molecular flexibility index (Phi) is 37.8. The highest BCUT2D eigenvalue weighted by molar-refractivity contribution is 8.00. The lowest BCUT2D eigenvalue weighted by Crippen LogP contribution is -2.37. The van der Waals surface area contributed by atoms with Crippen LogP contribution in [0.4, 0.5) is 4.79 Å². The van der Waals surface area contributed by atoms with Gasteiger partial charge < -0.3 is 83.2 Å². The van der Waals surface area contributed by atoms with E-state index in [2.05, 4.69) is 60.8 Å². The molecule has 20 nitrogen and oxygen atoms in total. The molecule has 3 saturated carbocycles. The second-order valence-electron chi connectivity index (χ2n) is 24.6. The Morgan fingerprint density at radius 3 is 1.70 bits per heavy atom. The minimum atomic E-state index is -0.624. The van der Waals surface area contributed by atoms with E-state index < -0.39 is 5.60 Å². The lowest BCUT2D eigenvalue weighted by Gasteiger charge is -2.44. The Bertz CT molecular complexity index is 1950. The molecule has 5 N–H and O–H groups in total. The van der Waals surface area contributed by atoms with Gasteiger partial charge >= 0.3 is 6.03 Å². The molecular weight excluding hydrogens is 1120 g/mol. The number of aliphatic hydroxyl groups is 1. The average Bonchev–Trinajstić information content (AvgIpc) is 1.67. The topological polar surface area (TPSA) is 230 Å². The maximum absolute atomic E-state index is 12.9. The third-order valence-electron chi connectivity index (χ3n) is 17.8. The zero-order valence-corrected chi connectivity index (χ0v) is 54.3. The first kappa shape index (κ1) is 74.0. The van der Waals surface area contributed by atoms with Crippen molar-refractivity contribution >= 4 is 29.6 Å². The van der Waals surface area contributed by atoms with Gasteiger partial charge in [0.25, 0.3) is 0 Å². The first-order valence-corrected chi connectivity index (χ1v) is 33.8. The van der Waals surface area contributed by atoms with Gasteiger partial charge in [0.15, 0.2) is 0 Å². The van der Waals surface area contributed by atoms with E-state index in [9.17, 15) is 19.5 Å². The van der Waals surface area contributed by atoms with E-state index in [4.69, 9.17) is 56.8 Å². The van der Waals surface area contributed by atoms with Gasteiger partial charge in [-0.1, -0.05) is 63.5 Å². The van der Waals surface area contributed by atoms with E-state index in [1.807, 2.05) is 25.6 Å². The highest BCUT2D eigenvalue weighted by Crippen LogP contribution is 2.60. The summed E-state index contributed by atoms with van der Waals surface area (Å²) in [5.74, 6) is 3.34. The smallest absolute Gasteiger partial charge is 0.315 e. The van der Waals surface area contributed by atoms with Crippen molar-refractivity contribution in [3.05, 3.63) is 35.5 Å². The molecule has 3 aliphatic carbocycles. The third-order valence-corrected chi connectivity index (χ3v) is 19.3. The molecule has 0 bridgehead atoms. The van der Waals surface area contributed by atoms with Crippen molar-refractivity contribution in [2.45, 2.75) is 160 Å². The van der Waals surface area contributed by atoms with Crippen molar-refractivity contribution in [2.24, 2.45) is 29.1 Å². The van der Waals surface area contributed by atoms with Crippen molar-refractivity contribution in [3.63, 3.8) is 0 Å². The number of amides is 4. The lowest BCUT2D eigenvalue weighted by atomic mass is 9.60. The molecular formula is C65H114N4O16S. The van der Waals surface area contributed by atoms with Crippen LogP contribution >= 0.6 is 11.8 Å². The molecule has 9 atom stereocenters. The summed E-state index contributed by atoms with van der Waals surface area (Å²) in [5, 5.41) is 23.0. The van der Waals surface area contributed by atoms with E-state index in [0.717, 1.165) is 56.6 Å². The quantitative estimate of drug-likeness (QED) is 0.0293. The Labute approximate surface area is 520 Å². The Balaban J connectivity index is 0.685. The molecule has 0 aromatic rings. The average molecular weight is 1240 g/mol. The monoisotopic (exact) mass is 1240 g/mol. The molecule has 2 saturated heterocycles. The summed E-state index contributed by atoms with van der Waals surface area (Å²) in [5.41, 5.74) is 3.79. The summed E-state index contributed by atoms with van der Waals surface area (Å²) in [6.45, 7) is 27.1. The minimum absolute atomic E-state index is 0.0209. The van der Waals surface area contributed by atoms with Crippen LogP contribution in [0.2, 0.25) is 0 Å². The van der Waals surface area contributed by atoms with Crippen LogP contribution in [0.5, 0.6) is 0 Å². The summed E-state index contributed by atoms with van der Waals surface area (Å²) in [7, 11) is 0. The first-order valence-electron chi connectivity index (χ1n) is 32.7. The van der Waals surface area contributed by atoms with Crippen LogP contribution in [-0.2, 0) is 66.4 Å². The molecule has 5 rings (SSSR count). The van der Waals surface area contributed by atoms with Crippen LogP contribution in [0, 0.1) is 29.1 Å². The van der Waals surface area contributed by atoms with Gasteiger partial charge in [-0.15, -0.1) is 0 Å². The molecule has 5 fully saturated rings. The van der Waals surface area contributed by atoms with Gasteiger partial charge in [-0.05, 0) is 119 Å². The fourth-order valence-corrected chi connectivity index (χ4v) is 14.0. The SMILES string of the molecule is C=C1CC[C@@H](NC(=O)CCOCCOCCOCCOCCOCCOCCOCCOCCOCCOCCOCCOCCNC(=O)CCCC[C@@H]2SC[C@@H]3NC(=O)N[C@@H]32)C/C1=C/C=C1\CCC[C@@]2(C)C1CC[C@@H]2C(C)CCC(C)C(C)(C)O. The summed E-state index contributed by atoms with van der Waals surface area (Å²) in [4.78, 5) is 36.5. The van der Waals surface area contributed by atoms with Gasteiger partial charge in [-0.3, -0.25) is 9.59 Å². The molecule has 0 aromatic carbocycles. The molecule has 3 unspecified atom stereocenters. The van der Waals surface area contributed by atoms with Gasteiger partial charge in [-0.2, -0.15) is 11.8 Å². The number of fused-ring (bicyclic) bond motifs is 2. The zero-order chi connectivity index (χ0) is 61.5. The minimum Gasteiger partial charge on any atom is -0.390 e. The molecule has 496 valence electrons. The summed E-state index contributed by atoms with van der Waals surface area (Å²) < 4.78 is 66.8. The fourth-order valence-electron chi connectivity index (χ4n) is 12.4. The number of hydrogen-bond donors (Lipinski definition) is 5. The van der Waals surface area contributed by atoms with Crippen LogP contribution in [-0.4, -0.2) is 223 Å². The number of thioether (sulfide) groups is 1. The molecule has 0 aromatic heterocycles. The van der Waals surface area contributed by atoms with Crippen molar-refractivity contribution in [3.8, 4) is 0 Å². The van der Waals surface area contributed by atoms with Crippen LogP contribution in [0.3, 0.4) is 0 Å². The van der Waals surface area contributed by atoms with E-state index in [0.29, 0.717) is 206 Å². The molecule has 21 heteroatoms. The Morgan fingerprint density at radius 2 is 1.17 bits per heavy atom. The summed E-state index contributed by atoms with van der Waals surface area (Å²) in [6.07, 6.45) is 19.6. The van der Waals surface area contributed by atoms with Gasteiger partial charge in [0, 0.05) is 36.4 Å². The molecule has 2 heterocycles. The predicted molar refractivity (Wildman–Crippen MR) is 335 cm³/mol. The number of urea groups is 1. The number of ether oxygens (including phenoxy) is 12. The molecule has 4 amide bonds. The molecule has 0 radical (unpaired) electrons. The zero-order valence-electron chi connectivity index (χ0n) is 53.5. The van der Waals surface area contributed by atoms with Crippen LogP contribution in [0.1, 0.15) is 131 Å². The predicted octanol–water partition coefficient (Wildman–Crippen LogP) is 7.54. The second kappa shape index (κ2) is 43.9. The molecule has 0 spiro atoms. The number of nitrogens with one attached hydrogen (secondary N) is 4. The fraction of sp³-hybridized carbons (Fsp3) is 0.862. The standard InChI is InChI=1S/C65H114N4O16S/c1-50-14-18-55(48-54(50)17-16-53-10-9-22-65(6)56(19-20-57(53)65)51(2)13-15-52(3)64(4,5)73)67-61(71)21-24-74-26-28-76-30-32-78-34-36-80-38-40-82-42-44-84-46-47-85-45-43-83-41-39-81-37-35-79-33-31-77-29-27-75-25-23-66-60(70)12-8-7-11-59-62-58(49-86-59)68-63(72)69-62/h16-17,51-52,55-59,62,73H,1,7-15,18-49H2,2-6H3,(H,66,70)(H,67,71)(H2,68,69,72)/b53-16+,54-17-/t51?,52?,55-,56-,57?,58+,59+,62+,65-/m1/s1. The van der Waals surface area contributed by atoms with Gasteiger partial charge in [-0.25, -0.2) is 4.79 Å². The van der Waals surface area contributed by atoms with Crippen LogP contribution in [0.25, 0.3) is 0 Å². The lowest BCUT2D eigenvalue weighted by molar-refractivity contribution is -0.123. The van der Waals surface area contributed by atoms with E-state index >= 15 is 0 Å². The molecule has 2 aliphatic heterocycles. The summed E-state index contributed by atoms with van der Waals surface area (Å²) >= 11 is 1.90. The normalized spacial score (nSPS) is 24.7.